The third kappa shape index (κ3) is 2.67. The zero-order chi connectivity index (χ0) is 15.7. The van der Waals surface area contributed by atoms with E-state index < -0.39 is 0 Å². The highest BCUT2D eigenvalue weighted by Gasteiger charge is 2.26. The Morgan fingerprint density at radius 3 is 2.91 bits per heavy atom. The molecule has 6 heteroatoms. The van der Waals surface area contributed by atoms with E-state index >= 15 is 0 Å². The van der Waals surface area contributed by atoms with Gasteiger partial charge >= 0.3 is 0 Å². The van der Waals surface area contributed by atoms with E-state index in [1.807, 2.05) is 0 Å². The number of carbonyl (C=O) groups excluding carboxylic acids is 1. The Morgan fingerprint density at radius 1 is 1.32 bits per heavy atom. The topological polar surface area (TPSA) is 59.0 Å². The Balaban J connectivity index is 1.84. The Labute approximate surface area is 132 Å². The van der Waals surface area contributed by atoms with Crippen molar-refractivity contribution < 1.29 is 19.4 Å². The highest BCUT2D eigenvalue weighted by Crippen LogP contribution is 2.30. The summed E-state index contributed by atoms with van der Waals surface area (Å²) in [6.45, 7) is 0.512. The highest BCUT2D eigenvalue weighted by atomic mass is 35.5. The molecule has 0 spiro atoms. The molecule has 0 bridgehead atoms. The first-order valence-electron chi connectivity index (χ1n) is 6.66. The molecule has 1 amide bonds. The molecule has 1 aliphatic heterocycles. The minimum Gasteiger partial charge on any atom is -0.504 e. The van der Waals surface area contributed by atoms with E-state index in [0.29, 0.717) is 28.6 Å². The molecule has 2 aromatic carbocycles. The van der Waals surface area contributed by atoms with Crippen molar-refractivity contribution in [2.24, 2.45) is 0 Å². The fraction of sp³-hybridized carbons (Fsp3) is 0.188. The maximum atomic E-state index is 12.5. The van der Waals surface area contributed by atoms with Crippen LogP contribution in [0.2, 0.25) is 5.02 Å². The predicted octanol–water partition coefficient (Wildman–Crippen LogP) is 3.05. The van der Waals surface area contributed by atoms with Crippen LogP contribution in [0, 0.1) is 0 Å². The Kier molecular flexibility index (Phi) is 3.81. The molecule has 1 heterocycles. The van der Waals surface area contributed by atoms with E-state index in [4.69, 9.17) is 21.1 Å². The quantitative estimate of drug-likeness (QED) is 0.944. The molecular formula is C16H14ClNO4. The number of rotatable bonds is 3. The van der Waals surface area contributed by atoms with E-state index in [1.54, 1.807) is 35.2 Å². The largest absolute Gasteiger partial charge is 0.504 e. The van der Waals surface area contributed by atoms with E-state index in [-0.39, 0.29) is 18.4 Å². The van der Waals surface area contributed by atoms with Gasteiger partial charge < -0.3 is 19.5 Å². The summed E-state index contributed by atoms with van der Waals surface area (Å²) in [5.41, 5.74) is 1.28. The SMILES string of the molecule is COc1cc(CN2COc3ccc(Cl)cc3C2=O)ccc1O. The van der Waals surface area contributed by atoms with Crippen molar-refractivity contribution in [1.82, 2.24) is 4.90 Å². The van der Waals surface area contributed by atoms with Crippen molar-refractivity contribution in [1.29, 1.82) is 0 Å². The lowest BCUT2D eigenvalue weighted by molar-refractivity contribution is 0.0498. The van der Waals surface area contributed by atoms with Crippen LogP contribution in [0.25, 0.3) is 0 Å². The highest BCUT2D eigenvalue weighted by molar-refractivity contribution is 6.31. The second-order valence-corrected chi connectivity index (χ2v) is 5.36. The predicted molar refractivity (Wildman–Crippen MR) is 81.5 cm³/mol. The third-order valence-corrected chi connectivity index (χ3v) is 3.69. The molecule has 0 radical (unpaired) electrons. The van der Waals surface area contributed by atoms with Gasteiger partial charge in [0.15, 0.2) is 18.2 Å². The van der Waals surface area contributed by atoms with Crippen molar-refractivity contribution in [2.75, 3.05) is 13.8 Å². The number of amides is 1. The van der Waals surface area contributed by atoms with Gasteiger partial charge in [0.05, 0.1) is 12.7 Å². The number of nitrogens with zero attached hydrogens (tertiary/aromatic N) is 1. The number of ether oxygens (including phenoxy) is 2. The molecule has 114 valence electrons. The molecule has 0 aromatic heterocycles. The van der Waals surface area contributed by atoms with E-state index in [1.165, 1.54) is 13.2 Å². The summed E-state index contributed by atoms with van der Waals surface area (Å²) < 4.78 is 10.7. The van der Waals surface area contributed by atoms with Gasteiger partial charge in [0.25, 0.3) is 5.91 Å². The van der Waals surface area contributed by atoms with Gasteiger partial charge in [-0.1, -0.05) is 17.7 Å². The van der Waals surface area contributed by atoms with Gasteiger partial charge in [-0.25, -0.2) is 0 Å². The lowest BCUT2D eigenvalue weighted by Gasteiger charge is -2.29. The van der Waals surface area contributed by atoms with Crippen molar-refractivity contribution in [3.8, 4) is 17.2 Å². The number of hydrogen-bond acceptors (Lipinski definition) is 4. The Morgan fingerprint density at radius 2 is 2.14 bits per heavy atom. The van der Waals surface area contributed by atoms with Crippen LogP contribution in [0.1, 0.15) is 15.9 Å². The van der Waals surface area contributed by atoms with Gasteiger partial charge in [-0.05, 0) is 35.9 Å². The summed E-state index contributed by atoms with van der Waals surface area (Å²) in [5, 5.41) is 10.1. The minimum atomic E-state index is -0.143. The lowest BCUT2D eigenvalue weighted by Crippen LogP contribution is -2.38. The molecule has 0 saturated carbocycles. The van der Waals surface area contributed by atoms with Crippen LogP contribution in [-0.4, -0.2) is 29.8 Å². The Hall–Kier alpha value is -2.40. The molecule has 2 aromatic rings. The standard InChI is InChI=1S/C16H14ClNO4/c1-21-15-6-10(2-4-13(15)19)8-18-9-22-14-5-3-11(17)7-12(14)16(18)20/h2-7,19H,8-9H2,1H3. The second-order valence-electron chi connectivity index (χ2n) is 4.92. The normalized spacial score (nSPS) is 13.5. The summed E-state index contributed by atoms with van der Waals surface area (Å²) in [7, 11) is 1.48. The molecule has 0 saturated heterocycles. The van der Waals surface area contributed by atoms with Gasteiger partial charge in [0.2, 0.25) is 0 Å². The van der Waals surface area contributed by atoms with Crippen LogP contribution in [-0.2, 0) is 6.54 Å². The number of methoxy groups -OCH3 is 1. The molecule has 1 aliphatic rings. The maximum Gasteiger partial charge on any atom is 0.260 e. The summed E-state index contributed by atoms with van der Waals surface area (Å²) in [4.78, 5) is 14.1. The zero-order valence-electron chi connectivity index (χ0n) is 11.9. The smallest absolute Gasteiger partial charge is 0.260 e. The first kappa shape index (κ1) is 14.5. The summed E-state index contributed by atoms with van der Waals surface area (Å²) >= 11 is 5.94. The first-order valence-corrected chi connectivity index (χ1v) is 7.04. The van der Waals surface area contributed by atoms with Gasteiger partial charge in [0, 0.05) is 11.6 Å². The van der Waals surface area contributed by atoms with Gasteiger partial charge in [-0.2, -0.15) is 0 Å². The Bertz CT molecular complexity index is 732. The van der Waals surface area contributed by atoms with Crippen LogP contribution in [0.5, 0.6) is 17.2 Å². The molecule has 0 aliphatic carbocycles. The summed E-state index contributed by atoms with van der Waals surface area (Å²) in [5.74, 6) is 0.820. The lowest BCUT2D eigenvalue weighted by atomic mass is 10.1. The molecule has 0 unspecified atom stereocenters. The van der Waals surface area contributed by atoms with Crippen LogP contribution >= 0.6 is 11.6 Å². The average molecular weight is 320 g/mol. The minimum absolute atomic E-state index is 0.0598. The average Bonchev–Trinajstić information content (AvgIpc) is 2.52. The van der Waals surface area contributed by atoms with Crippen molar-refractivity contribution in [3.05, 3.63) is 52.5 Å². The van der Waals surface area contributed by atoms with Crippen molar-refractivity contribution >= 4 is 17.5 Å². The fourth-order valence-electron chi connectivity index (χ4n) is 2.33. The molecule has 5 nitrogen and oxygen atoms in total. The fourth-order valence-corrected chi connectivity index (χ4v) is 2.50. The number of halogens is 1. The van der Waals surface area contributed by atoms with Crippen molar-refractivity contribution in [3.63, 3.8) is 0 Å². The molecule has 3 rings (SSSR count). The van der Waals surface area contributed by atoms with Gasteiger partial charge in [0.1, 0.15) is 5.75 Å². The number of benzene rings is 2. The number of phenols is 1. The third-order valence-electron chi connectivity index (χ3n) is 3.45. The van der Waals surface area contributed by atoms with E-state index in [2.05, 4.69) is 0 Å². The van der Waals surface area contributed by atoms with Gasteiger partial charge in [-0.15, -0.1) is 0 Å². The molecular weight excluding hydrogens is 306 g/mol. The number of phenolic OH excluding ortho intramolecular Hbond substituents is 1. The molecule has 22 heavy (non-hydrogen) atoms. The second kappa shape index (κ2) is 5.77. The summed E-state index contributed by atoms with van der Waals surface area (Å²) in [6, 6.07) is 9.94. The summed E-state index contributed by atoms with van der Waals surface area (Å²) in [6.07, 6.45) is 0. The monoisotopic (exact) mass is 319 g/mol. The molecule has 0 atom stereocenters. The van der Waals surface area contributed by atoms with Crippen molar-refractivity contribution in [2.45, 2.75) is 6.54 Å². The first-order chi connectivity index (χ1) is 10.6. The van der Waals surface area contributed by atoms with Crippen LogP contribution in [0.4, 0.5) is 0 Å². The molecule has 1 N–H and O–H groups in total. The van der Waals surface area contributed by atoms with Crippen LogP contribution < -0.4 is 9.47 Å². The van der Waals surface area contributed by atoms with Gasteiger partial charge in [-0.3, -0.25) is 4.79 Å². The van der Waals surface area contributed by atoms with E-state index in [9.17, 15) is 9.90 Å². The molecule has 0 fully saturated rings. The zero-order valence-corrected chi connectivity index (χ0v) is 12.6. The maximum absolute atomic E-state index is 12.5. The van der Waals surface area contributed by atoms with Crippen LogP contribution in [0.3, 0.4) is 0 Å². The number of carbonyl (C=O) groups is 1. The number of fused-ring (bicyclic) bond motifs is 1. The van der Waals surface area contributed by atoms with E-state index in [0.717, 1.165) is 5.56 Å². The number of hydrogen-bond donors (Lipinski definition) is 1. The number of aromatic hydroxyl groups is 1. The van der Waals surface area contributed by atoms with Crippen LogP contribution in [0.15, 0.2) is 36.4 Å².